The van der Waals surface area contributed by atoms with Crippen LogP contribution in [0.1, 0.15) is 19.0 Å². The van der Waals surface area contributed by atoms with Crippen molar-refractivity contribution >= 4 is 10.8 Å². The fourth-order valence-electron chi connectivity index (χ4n) is 2.30. The zero-order valence-electron chi connectivity index (χ0n) is 11.6. The number of fused-ring (bicyclic) bond motifs is 1. The first-order chi connectivity index (χ1) is 9.88. The van der Waals surface area contributed by atoms with Crippen molar-refractivity contribution < 1.29 is 0 Å². The van der Waals surface area contributed by atoms with Crippen molar-refractivity contribution in [2.24, 2.45) is 0 Å². The van der Waals surface area contributed by atoms with Gasteiger partial charge in [0.1, 0.15) is 12.1 Å². The number of pyridine rings is 1. The van der Waals surface area contributed by atoms with Gasteiger partial charge in [-0.3, -0.25) is 4.57 Å². The lowest BCUT2D eigenvalue weighted by Crippen LogP contribution is -2.15. The molecular formula is C16H18N4. The second-order valence-corrected chi connectivity index (χ2v) is 4.81. The molecule has 3 rings (SSSR count). The number of benzene rings is 1. The highest BCUT2D eigenvalue weighted by atomic mass is 15.1. The molecule has 0 radical (unpaired) electrons. The van der Waals surface area contributed by atoms with E-state index in [1.54, 1.807) is 12.5 Å². The van der Waals surface area contributed by atoms with Crippen LogP contribution in [0.3, 0.4) is 0 Å². The Morgan fingerprint density at radius 2 is 2.15 bits per heavy atom. The zero-order chi connectivity index (χ0) is 13.8. The molecule has 4 nitrogen and oxygen atoms in total. The van der Waals surface area contributed by atoms with Crippen LogP contribution in [-0.2, 0) is 6.54 Å². The fourth-order valence-corrected chi connectivity index (χ4v) is 2.30. The average Bonchev–Trinajstić information content (AvgIpc) is 3.01. The summed E-state index contributed by atoms with van der Waals surface area (Å²) in [7, 11) is 0. The normalized spacial score (nSPS) is 11.1. The van der Waals surface area contributed by atoms with E-state index >= 15 is 0 Å². The Bertz CT molecular complexity index is 689. The highest BCUT2D eigenvalue weighted by Crippen LogP contribution is 2.21. The minimum absolute atomic E-state index is 0.792. The number of rotatable bonds is 5. The number of aromatic nitrogens is 3. The summed E-state index contributed by atoms with van der Waals surface area (Å²) in [5.41, 5.74) is 1.06. The average molecular weight is 266 g/mol. The quantitative estimate of drug-likeness (QED) is 0.722. The van der Waals surface area contributed by atoms with Crippen molar-refractivity contribution in [1.82, 2.24) is 19.9 Å². The molecule has 0 spiro atoms. The first-order valence-electron chi connectivity index (χ1n) is 6.96. The Morgan fingerprint density at radius 1 is 1.25 bits per heavy atom. The Balaban J connectivity index is 2.06. The molecule has 0 fully saturated rings. The van der Waals surface area contributed by atoms with E-state index in [9.17, 15) is 0 Å². The number of nitrogens with one attached hydrogen (secondary N) is 1. The van der Waals surface area contributed by atoms with Gasteiger partial charge in [0.25, 0.3) is 0 Å². The van der Waals surface area contributed by atoms with E-state index in [0.29, 0.717) is 0 Å². The monoisotopic (exact) mass is 266 g/mol. The molecule has 0 aliphatic rings. The molecule has 0 aliphatic heterocycles. The van der Waals surface area contributed by atoms with Gasteiger partial charge in [-0.1, -0.05) is 31.2 Å². The van der Waals surface area contributed by atoms with Crippen molar-refractivity contribution in [3.05, 3.63) is 54.7 Å². The molecule has 2 heterocycles. The second kappa shape index (κ2) is 5.84. The van der Waals surface area contributed by atoms with Crippen molar-refractivity contribution in [3.8, 4) is 5.82 Å². The minimum Gasteiger partial charge on any atom is -0.311 e. The Hall–Kier alpha value is -2.20. The lowest BCUT2D eigenvalue weighted by Gasteiger charge is -2.10. The van der Waals surface area contributed by atoms with Gasteiger partial charge in [0.2, 0.25) is 0 Å². The van der Waals surface area contributed by atoms with Crippen LogP contribution in [0.5, 0.6) is 0 Å². The second-order valence-electron chi connectivity index (χ2n) is 4.81. The Kier molecular flexibility index (Phi) is 3.74. The summed E-state index contributed by atoms with van der Waals surface area (Å²) in [6.45, 7) is 3.97. The number of hydrogen-bond donors (Lipinski definition) is 1. The predicted octanol–water partition coefficient (Wildman–Crippen LogP) is 2.92. The molecule has 2 aromatic heterocycles. The third-order valence-electron chi connectivity index (χ3n) is 3.26. The van der Waals surface area contributed by atoms with E-state index < -0.39 is 0 Å². The molecule has 0 aliphatic carbocycles. The molecule has 0 saturated heterocycles. The third kappa shape index (κ3) is 2.56. The van der Waals surface area contributed by atoms with Gasteiger partial charge in [-0.15, -0.1) is 0 Å². The van der Waals surface area contributed by atoms with E-state index in [1.807, 2.05) is 16.8 Å². The molecule has 0 unspecified atom stereocenters. The van der Waals surface area contributed by atoms with Gasteiger partial charge in [0.05, 0.1) is 5.69 Å². The van der Waals surface area contributed by atoms with Crippen molar-refractivity contribution in [2.75, 3.05) is 6.54 Å². The van der Waals surface area contributed by atoms with E-state index in [-0.39, 0.29) is 0 Å². The smallest absolute Gasteiger partial charge is 0.146 e. The number of nitrogens with zero attached hydrogens (tertiary/aromatic N) is 3. The molecule has 3 aromatic rings. The molecule has 20 heavy (non-hydrogen) atoms. The van der Waals surface area contributed by atoms with Crippen LogP contribution in [0.25, 0.3) is 16.6 Å². The van der Waals surface area contributed by atoms with E-state index in [0.717, 1.165) is 36.4 Å². The first-order valence-corrected chi connectivity index (χ1v) is 6.96. The van der Waals surface area contributed by atoms with Gasteiger partial charge in [-0.2, -0.15) is 0 Å². The van der Waals surface area contributed by atoms with Gasteiger partial charge < -0.3 is 5.32 Å². The van der Waals surface area contributed by atoms with Crippen LogP contribution in [0.2, 0.25) is 0 Å². The summed E-state index contributed by atoms with van der Waals surface area (Å²) < 4.78 is 1.96. The van der Waals surface area contributed by atoms with Crippen LogP contribution in [0.15, 0.2) is 49.1 Å². The Morgan fingerprint density at radius 3 is 2.95 bits per heavy atom. The van der Waals surface area contributed by atoms with Crippen LogP contribution >= 0.6 is 0 Å². The Labute approximate surface area is 118 Å². The van der Waals surface area contributed by atoms with Gasteiger partial charge in [0, 0.05) is 24.3 Å². The lowest BCUT2D eigenvalue weighted by molar-refractivity contribution is 0.664. The van der Waals surface area contributed by atoms with Gasteiger partial charge in [0.15, 0.2) is 0 Å². The van der Waals surface area contributed by atoms with E-state index in [2.05, 4.69) is 41.5 Å². The first kappa shape index (κ1) is 12.8. The van der Waals surface area contributed by atoms with Crippen LogP contribution in [-0.4, -0.2) is 21.1 Å². The van der Waals surface area contributed by atoms with Gasteiger partial charge in [-0.05, 0) is 24.4 Å². The maximum absolute atomic E-state index is 4.78. The largest absolute Gasteiger partial charge is 0.311 e. The maximum Gasteiger partial charge on any atom is 0.146 e. The molecule has 0 saturated carbocycles. The minimum atomic E-state index is 0.792. The van der Waals surface area contributed by atoms with E-state index in [4.69, 9.17) is 4.98 Å². The molecule has 0 bridgehead atoms. The highest BCUT2D eigenvalue weighted by molar-refractivity contribution is 5.88. The molecule has 1 N–H and O–H groups in total. The van der Waals surface area contributed by atoms with Crippen molar-refractivity contribution in [1.29, 1.82) is 0 Å². The highest BCUT2D eigenvalue weighted by Gasteiger charge is 2.07. The van der Waals surface area contributed by atoms with Crippen LogP contribution < -0.4 is 5.32 Å². The van der Waals surface area contributed by atoms with Gasteiger partial charge >= 0.3 is 0 Å². The van der Waals surface area contributed by atoms with Crippen LogP contribution in [0.4, 0.5) is 0 Å². The molecule has 1 aromatic carbocycles. The molecule has 0 amide bonds. The molecule has 0 atom stereocenters. The summed E-state index contributed by atoms with van der Waals surface area (Å²) in [6.07, 6.45) is 6.62. The summed E-state index contributed by atoms with van der Waals surface area (Å²) in [5.74, 6) is 0.939. The van der Waals surface area contributed by atoms with Gasteiger partial charge in [-0.25, -0.2) is 9.97 Å². The molecular weight excluding hydrogens is 248 g/mol. The molecule has 102 valence electrons. The maximum atomic E-state index is 4.78. The van der Waals surface area contributed by atoms with E-state index in [1.165, 1.54) is 5.39 Å². The van der Waals surface area contributed by atoms with Crippen molar-refractivity contribution in [3.63, 3.8) is 0 Å². The number of imidazole rings is 1. The zero-order valence-corrected chi connectivity index (χ0v) is 11.6. The van der Waals surface area contributed by atoms with Crippen LogP contribution in [0, 0.1) is 0 Å². The summed E-state index contributed by atoms with van der Waals surface area (Å²) in [6, 6.07) is 10.5. The SMILES string of the molecule is CCCNCc1cc2ccccc2c(-n2ccnc2)n1. The lowest BCUT2D eigenvalue weighted by atomic mass is 10.1. The summed E-state index contributed by atoms with van der Waals surface area (Å²) >= 11 is 0. The third-order valence-corrected chi connectivity index (χ3v) is 3.26. The predicted molar refractivity (Wildman–Crippen MR) is 80.9 cm³/mol. The standard InChI is InChI=1S/C16H18N4/c1-2-7-17-11-14-10-13-5-3-4-6-15(13)16(19-14)20-9-8-18-12-20/h3-6,8-10,12,17H,2,7,11H2,1H3. The fraction of sp³-hybridized carbons (Fsp3) is 0.250. The van der Waals surface area contributed by atoms with Crippen molar-refractivity contribution in [2.45, 2.75) is 19.9 Å². The summed E-state index contributed by atoms with van der Waals surface area (Å²) in [5, 5.41) is 5.75. The topological polar surface area (TPSA) is 42.7 Å². The molecule has 4 heteroatoms. The number of hydrogen-bond acceptors (Lipinski definition) is 3. The summed E-state index contributed by atoms with van der Waals surface area (Å²) in [4.78, 5) is 8.89.